The van der Waals surface area contributed by atoms with Crippen molar-refractivity contribution in [1.82, 2.24) is 9.97 Å². The number of nitrogens with one attached hydrogen (secondary N) is 1. The van der Waals surface area contributed by atoms with Gasteiger partial charge in [0.1, 0.15) is 0 Å². The first kappa shape index (κ1) is 17.0. The van der Waals surface area contributed by atoms with Crippen molar-refractivity contribution in [3.05, 3.63) is 46.2 Å². The number of amides is 1. The SMILES string of the molecule is O=C(Nc1ccc(Cl)cc1Cl)c1cnc(N2CCCCCC2)nc1. The number of rotatable bonds is 3. The monoisotopic (exact) mass is 364 g/mol. The molecule has 5 nitrogen and oxygen atoms in total. The summed E-state index contributed by atoms with van der Waals surface area (Å²) in [6.07, 6.45) is 7.90. The van der Waals surface area contributed by atoms with Crippen LogP contribution in [0.15, 0.2) is 30.6 Å². The Kier molecular flexibility index (Phi) is 5.53. The van der Waals surface area contributed by atoms with Gasteiger partial charge in [-0.2, -0.15) is 0 Å². The molecule has 0 unspecified atom stereocenters. The number of anilines is 2. The van der Waals surface area contributed by atoms with Crippen LogP contribution in [-0.4, -0.2) is 29.0 Å². The highest BCUT2D eigenvalue weighted by molar-refractivity contribution is 6.36. The third-order valence-electron chi connectivity index (χ3n) is 3.97. The van der Waals surface area contributed by atoms with Gasteiger partial charge in [-0.15, -0.1) is 0 Å². The van der Waals surface area contributed by atoms with Crippen LogP contribution in [0.4, 0.5) is 11.6 Å². The molecule has 0 spiro atoms. The first-order valence-electron chi connectivity index (χ1n) is 7.97. The number of hydrogen-bond donors (Lipinski definition) is 1. The van der Waals surface area contributed by atoms with Gasteiger partial charge in [0.05, 0.1) is 16.3 Å². The largest absolute Gasteiger partial charge is 0.341 e. The second kappa shape index (κ2) is 7.81. The van der Waals surface area contributed by atoms with Crippen molar-refractivity contribution in [1.29, 1.82) is 0 Å². The van der Waals surface area contributed by atoms with Crippen molar-refractivity contribution in [2.24, 2.45) is 0 Å². The van der Waals surface area contributed by atoms with Crippen LogP contribution in [0, 0.1) is 0 Å². The number of nitrogens with zero attached hydrogens (tertiary/aromatic N) is 3. The number of halogens is 2. The first-order chi connectivity index (χ1) is 11.6. The lowest BCUT2D eigenvalue weighted by Crippen LogP contribution is -2.26. The fraction of sp³-hybridized carbons (Fsp3) is 0.353. The molecule has 1 amide bonds. The van der Waals surface area contributed by atoms with Gasteiger partial charge in [-0.25, -0.2) is 9.97 Å². The summed E-state index contributed by atoms with van der Waals surface area (Å²) >= 11 is 11.9. The molecule has 3 rings (SSSR count). The van der Waals surface area contributed by atoms with E-state index in [-0.39, 0.29) is 5.91 Å². The van der Waals surface area contributed by atoms with Crippen LogP contribution < -0.4 is 10.2 Å². The third kappa shape index (κ3) is 4.16. The number of aromatic nitrogens is 2. The van der Waals surface area contributed by atoms with Gasteiger partial charge < -0.3 is 10.2 Å². The number of carbonyl (C=O) groups is 1. The first-order valence-corrected chi connectivity index (χ1v) is 8.72. The van der Waals surface area contributed by atoms with Crippen LogP contribution in [0.2, 0.25) is 10.0 Å². The fourth-order valence-corrected chi connectivity index (χ4v) is 3.11. The summed E-state index contributed by atoms with van der Waals surface area (Å²) in [4.78, 5) is 23.2. The van der Waals surface area contributed by atoms with Gasteiger partial charge in [0.25, 0.3) is 5.91 Å². The van der Waals surface area contributed by atoms with Gasteiger partial charge >= 0.3 is 0 Å². The average Bonchev–Trinajstić information content (AvgIpc) is 2.87. The number of hydrogen-bond acceptors (Lipinski definition) is 4. The molecular formula is C17H18Cl2N4O. The second-order valence-electron chi connectivity index (χ2n) is 5.75. The van der Waals surface area contributed by atoms with E-state index in [1.807, 2.05) is 0 Å². The summed E-state index contributed by atoms with van der Waals surface area (Å²) in [5, 5.41) is 3.64. The topological polar surface area (TPSA) is 58.1 Å². The molecule has 126 valence electrons. The van der Waals surface area contributed by atoms with Crippen molar-refractivity contribution < 1.29 is 4.79 Å². The molecule has 24 heavy (non-hydrogen) atoms. The molecular weight excluding hydrogens is 347 g/mol. The molecule has 1 aliphatic heterocycles. The maximum atomic E-state index is 12.3. The van der Waals surface area contributed by atoms with E-state index >= 15 is 0 Å². The Bertz CT molecular complexity index is 713. The van der Waals surface area contributed by atoms with Gasteiger partial charge in [0, 0.05) is 30.5 Å². The van der Waals surface area contributed by atoms with E-state index in [2.05, 4.69) is 20.2 Å². The Balaban J connectivity index is 1.69. The van der Waals surface area contributed by atoms with Crippen molar-refractivity contribution >= 4 is 40.7 Å². The molecule has 0 saturated carbocycles. The smallest absolute Gasteiger partial charge is 0.258 e. The summed E-state index contributed by atoms with van der Waals surface area (Å²) < 4.78 is 0. The minimum atomic E-state index is -0.304. The van der Waals surface area contributed by atoms with Crippen LogP contribution in [0.5, 0.6) is 0 Å². The average molecular weight is 365 g/mol. The maximum Gasteiger partial charge on any atom is 0.258 e. The molecule has 0 aliphatic carbocycles. The van der Waals surface area contributed by atoms with Crippen molar-refractivity contribution in [2.45, 2.75) is 25.7 Å². The van der Waals surface area contributed by atoms with Crippen LogP contribution in [0.3, 0.4) is 0 Å². The molecule has 1 aliphatic rings. The Morgan fingerprint density at radius 2 is 1.71 bits per heavy atom. The molecule has 1 aromatic carbocycles. The lowest BCUT2D eigenvalue weighted by Gasteiger charge is -2.19. The molecule has 0 radical (unpaired) electrons. The number of benzene rings is 1. The Morgan fingerprint density at radius 1 is 1.04 bits per heavy atom. The van der Waals surface area contributed by atoms with Gasteiger partial charge in [-0.05, 0) is 31.0 Å². The van der Waals surface area contributed by atoms with Crippen LogP contribution in [0.25, 0.3) is 0 Å². The summed E-state index contributed by atoms with van der Waals surface area (Å²) in [5.74, 6) is 0.375. The van der Waals surface area contributed by atoms with Crippen LogP contribution in [0.1, 0.15) is 36.0 Å². The summed E-state index contributed by atoms with van der Waals surface area (Å²) in [7, 11) is 0. The van der Waals surface area contributed by atoms with E-state index in [4.69, 9.17) is 23.2 Å². The standard InChI is InChI=1S/C17H18Cl2N4O/c18-13-5-6-15(14(19)9-13)22-16(24)12-10-20-17(21-11-12)23-7-3-1-2-4-8-23/h5-6,9-11H,1-4,7-8H2,(H,22,24). The zero-order valence-electron chi connectivity index (χ0n) is 13.1. The molecule has 2 aromatic rings. The molecule has 0 atom stereocenters. The van der Waals surface area contributed by atoms with Gasteiger partial charge in [-0.1, -0.05) is 36.0 Å². The van der Waals surface area contributed by atoms with Gasteiger partial charge in [0.15, 0.2) is 0 Å². The summed E-state index contributed by atoms with van der Waals surface area (Å²) in [6.45, 7) is 1.93. The summed E-state index contributed by atoms with van der Waals surface area (Å²) in [6, 6.07) is 4.91. The molecule has 0 bridgehead atoms. The minimum Gasteiger partial charge on any atom is -0.341 e. The number of carbonyl (C=O) groups excluding carboxylic acids is 1. The normalized spacial score (nSPS) is 15.0. The molecule has 1 fully saturated rings. The van der Waals surface area contributed by atoms with Gasteiger partial charge in [0.2, 0.25) is 5.95 Å². The molecule has 2 heterocycles. The molecule has 1 N–H and O–H groups in total. The van der Waals surface area contributed by atoms with Crippen molar-refractivity contribution in [2.75, 3.05) is 23.3 Å². The second-order valence-corrected chi connectivity index (χ2v) is 6.59. The van der Waals surface area contributed by atoms with E-state index in [0.717, 1.165) is 25.9 Å². The summed E-state index contributed by atoms with van der Waals surface area (Å²) in [5.41, 5.74) is 0.891. The van der Waals surface area contributed by atoms with Crippen LogP contribution in [-0.2, 0) is 0 Å². The van der Waals surface area contributed by atoms with Crippen molar-refractivity contribution in [3.8, 4) is 0 Å². The van der Waals surface area contributed by atoms with E-state index < -0.39 is 0 Å². The zero-order chi connectivity index (χ0) is 16.9. The highest BCUT2D eigenvalue weighted by atomic mass is 35.5. The molecule has 1 saturated heterocycles. The molecule has 7 heteroatoms. The predicted octanol–water partition coefficient (Wildman–Crippen LogP) is 4.42. The third-order valence-corrected chi connectivity index (χ3v) is 4.52. The highest BCUT2D eigenvalue weighted by Gasteiger charge is 2.14. The zero-order valence-corrected chi connectivity index (χ0v) is 14.6. The Hall–Kier alpha value is -1.85. The van der Waals surface area contributed by atoms with E-state index in [1.54, 1.807) is 30.6 Å². The van der Waals surface area contributed by atoms with Crippen LogP contribution >= 0.6 is 23.2 Å². The highest BCUT2D eigenvalue weighted by Crippen LogP contribution is 2.25. The quantitative estimate of drug-likeness (QED) is 0.875. The lowest BCUT2D eigenvalue weighted by molar-refractivity contribution is 0.102. The lowest BCUT2D eigenvalue weighted by atomic mass is 10.2. The predicted molar refractivity (Wildman–Crippen MR) is 97.1 cm³/mol. The van der Waals surface area contributed by atoms with E-state index in [1.165, 1.54) is 12.8 Å². The Labute approximate surface area is 151 Å². The Morgan fingerprint density at radius 3 is 2.33 bits per heavy atom. The van der Waals surface area contributed by atoms with E-state index in [0.29, 0.717) is 27.2 Å². The van der Waals surface area contributed by atoms with Gasteiger partial charge in [-0.3, -0.25) is 4.79 Å². The van der Waals surface area contributed by atoms with E-state index in [9.17, 15) is 4.79 Å². The minimum absolute atomic E-state index is 0.304. The van der Waals surface area contributed by atoms with Crippen molar-refractivity contribution in [3.63, 3.8) is 0 Å². The molecule has 1 aromatic heterocycles. The fourth-order valence-electron chi connectivity index (χ4n) is 2.66. The maximum absolute atomic E-state index is 12.3.